The summed E-state index contributed by atoms with van der Waals surface area (Å²) in [7, 11) is 3.73. The van der Waals surface area contributed by atoms with Crippen LogP contribution in [0, 0.1) is 0 Å². The van der Waals surface area contributed by atoms with Crippen LogP contribution in [0.1, 0.15) is 35.8 Å². The fourth-order valence-corrected chi connectivity index (χ4v) is 2.58. The van der Waals surface area contributed by atoms with Gasteiger partial charge in [-0.25, -0.2) is 0 Å². The number of carbonyl (C=O) groups is 2. The number of nitrogens with zero attached hydrogens (tertiary/aromatic N) is 1. The van der Waals surface area contributed by atoms with E-state index in [1.54, 1.807) is 25.1 Å². The SMILES string of the molecule is C[C@@H](Cl)C(=O)Nc1ccc(N(C)C)c(C(=O)N[C@H](C)c2ccccc2)c1. The van der Waals surface area contributed by atoms with Gasteiger partial charge in [-0.2, -0.15) is 0 Å². The highest BCUT2D eigenvalue weighted by atomic mass is 35.5. The van der Waals surface area contributed by atoms with Gasteiger partial charge in [-0.1, -0.05) is 30.3 Å². The number of nitrogens with one attached hydrogen (secondary N) is 2. The first kappa shape index (κ1) is 19.8. The molecule has 2 aromatic carbocycles. The minimum Gasteiger partial charge on any atom is -0.377 e. The lowest BCUT2D eigenvalue weighted by molar-refractivity contribution is -0.115. The molecule has 0 aliphatic heterocycles. The quantitative estimate of drug-likeness (QED) is 0.757. The van der Waals surface area contributed by atoms with Crippen LogP contribution < -0.4 is 15.5 Å². The summed E-state index contributed by atoms with van der Waals surface area (Å²) in [6, 6.07) is 14.8. The molecule has 0 fully saturated rings. The predicted molar refractivity (Wildman–Crippen MR) is 107 cm³/mol. The van der Waals surface area contributed by atoms with Gasteiger partial charge in [0, 0.05) is 25.5 Å². The van der Waals surface area contributed by atoms with E-state index in [0.29, 0.717) is 11.3 Å². The number of alkyl halides is 1. The van der Waals surface area contributed by atoms with Crippen LogP contribution >= 0.6 is 11.6 Å². The van der Waals surface area contributed by atoms with E-state index in [2.05, 4.69) is 10.6 Å². The first-order valence-corrected chi connectivity index (χ1v) is 8.85. The molecule has 2 aromatic rings. The Morgan fingerprint density at radius 1 is 1.04 bits per heavy atom. The summed E-state index contributed by atoms with van der Waals surface area (Å²) in [6.07, 6.45) is 0. The van der Waals surface area contributed by atoms with E-state index in [1.807, 2.05) is 56.3 Å². The molecule has 0 bridgehead atoms. The summed E-state index contributed by atoms with van der Waals surface area (Å²) in [6.45, 7) is 3.53. The van der Waals surface area contributed by atoms with E-state index in [0.717, 1.165) is 11.3 Å². The number of halogens is 1. The van der Waals surface area contributed by atoms with Crippen LogP contribution in [-0.4, -0.2) is 31.3 Å². The summed E-state index contributed by atoms with van der Waals surface area (Å²) in [5, 5.41) is 5.07. The minimum atomic E-state index is -0.654. The van der Waals surface area contributed by atoms with E-state index in [1.165, 1.54) is 0 Å². The Morgan fingerprint density at radius 2 is 1.69 bits per heavy atom. The molecule has 0 radical (unpaired) electrons. The maximum absolute atomic E-state index is 12.8. The van der Waals surface area contributed by atoms with E-state index < -0.39 is 5.38 Å². The van der Waals surface area contributed by atoms with E-state index in [-0.39, 0.29) is 17.9 Å². The Bertz CT molecular complexity index is 776. The zero-order valence-corrected chi connectivity index (χ0v) is 16.2. The standard InChI is InChI=1S/C20H24ClN3O2/c1-13(21)19(25)23-16-10-11-18(24(3)4)17(12-16)20(26)22-14(2)15-8-6-5-7-9-15/h5-14H,1-4H3,(H,22,26)(H,23,25)/t13-,14-/m1/s1. The molecule has 2 amide bonds. The number of rotatable bonds is 6. The van der Waals surface area contributed by atoms with Gasteiger partial charge in [0.05, 0.1) is 11.6 Å². The molecule has 6 heteroatoms. The number of carbonyl (C=O) groups excluding carboxylic acids is 2. The Labute approximate surface area is 159 Å². The third kappa shape index (κ3) is 4.99. The molecule has 0 saturated heterocycles. The molecule has 0 saturated carbocycles. The third-order valence-corrected chi connectivity index (χ3v) is 4.20. The van der Waals surface area contributed by atoms with Crippen LogP contribution in [0.15, 0.2) is 48.5 Å². The molecule has 0 aliphatic carbocycles. The third-order valence-electron chi connectivity index (χ3n) is 4.00. The topological polar surface area (TPSA) is 61.4 Å². The van der Waals surface area contributed by atoms with Crippen LogP contribution in [-0.2, 0) is 4.79 Å². The summed E-state index contributed by atoms with van der Waals surface area (Å²) in [5.41, 5.74) is 2.80. The van der Waals surface area contributed by atoms with Crippen molar-refractivity contribution in [1.29, 1.82) is 0 Å². The summed E-state index contributed by atoms with van der Waals surface area (Å²) < 4.78 is 0. The van der Waals surface area contributed by atoms with Gasteiger partial charge < -0.3 is 15.5 Å². The molecule has 2 atom stereocenters. The number of benzene rings is 2. The Hall–Kier alpha value is -2.53. The molecular weight excluding hydrogens is 350 g/mol. The van der Waals surface area contributed by atoms with E-state index in [9.17, 15) is 9.59 Å². The average Bonchev–Trinajstić information content (AvgIpc) is 2.61. The molecule has 2 N–H and O–H groups in total. The van der Waals surface area contributed by atoms with Gasteiger partial charge in [-0.05, 0) is 37.6 Å². The van der Waals surface area contributed by atoms with Gasteiger partial charge in [0.2, 0.25) is 5.91 Å². The zero-order chi connectivity index (χ0) is 19.3. The molecule has 2 rings (SSSR count). The van der Waals surface area contributed by atoms with Gasteiger partial charge in [0.25, 0.3) is 5.91 Å². The predicted octanol–water partition coefficient (Wildman–Crippen LogP) is 3.81. The highest BCUT2D eigenvalue weighted by molar-refractivity contribution is 6.32. The minimum absolute atomic E-state index is 0.139. The lowest BCUT2D eigenvalue weighted by atomic mass is 10.1. The Morgan fingerprint density at radius 3 is 2.27 bits per heavy atom. The second-order valence-corrected chi connectivity index (χ2v) is 6.99. The number of hydrogen-bond donors (Lipinski definition) is 2. The Kier molecular flexibility index (Phi) is 6.64. The summed E-state index contributed by atoms with van der Waals surface area (Å²) >= 11 is 5.80. The van der Waals surface area contributed by atoms with Gasteiger partial charge in [-0.15, -0.1) is 11.6 Å². The summed E-state index contributed by atoms with van der Waals surface area (Å²) in [5.74, 6) is -0.520. The molecule has 0 heterocycles. The van der Waals surface area contributed by atoms with Crippen molar-refractivity contribution in [1.82, 2.24) is 5.32 Å². The van der Waals surface area contributed by atoms with Crippen LogP contribution in [0.4, 0.5) is 11.4 Å². The van der Waals surface area contributed by atoms with Crippen molar-refractivity contribution >= 4 is 34.8 Å². The Balaban J connectivity index is 2.26. The summed E-state index contributed by atoms with van der Waals surface area (Å²) in [4.78, 5) is 26.5. The van der Waals surface area contributed by atoms with Crippen LogP contribution in [0.5, 0.6) is 0 Å². The molecular formula is C20H24ClN3O2. The fourth-order valence-electron chi connectivity index (χ4n) is 2.53. The van der Waals surface area contributed by atoms with Gasteiger partial charge >= 0.3 is 0 Å². The normalized spacial score (nSPS) is 12.8. The van der Waals surface area contributed by atoms with Crippen molar-refractivity contribution in [3.05, 3.63) is 59.7 Å². The maximum atomic E-state index is 12.8. The van der Waals surface area contributed by atoms with Crippen molar-refractivity contribution in [2.45, 2.75) is 25.3 Å². The largest absolute Gasteiger partial charge is 0.377 e. The van der Waals surface area contributed by atoms with Gasteiger partial charge in [0.15, 0.2) is 0 Å². The van der Waals surface area contributed by atoms with Gasteiger partial charge in [0.1, 0.15) is 5.38 Å². The van der Waals surface area contributed by atoms with Gasteiger partial charge in [-0.3, -0.25) is 9.59 Å². The van der Waals surface area contributed by atoms with Crippen molar-refractivity contribution in [2.24, 2.45) is 0 Å². The first-order chi connectivity index (χ1) is 12.3. The van der Waals surface area contributed by atoms with Crippen molar-refractivity contribution in [2.75, 3.05) is 24.3 Å². The van der Waals surface area contributed by atoms with Crippen LogP contribution in [0.2, 0.25) is 0 Å². The highest BCUT2D eigenvalue weighted by Gasteiger charge is 2.18. The lowest BCUT2D eigenvalue weighted by Crippen LogP contribution is -2.28. The maximum Gasteiger partial charge on any atom is 0.253 e. The molecule has 26 heavy (non-hydrogen) atoms. The molecule has 0 aliphatic rings. The van der Waals surface area contributed by atoms with Crippen molar-refractivity contribution in [3.63, 3.8) is 0 Å². The molecule has 0 spiro atoms. The van der Waals surface area contributed by atoms with Crippen molar-refractivity contribution < 1.29 is 9.59 Å². The van der Waals surface area contributed by atoms with Crippen LogP contribution in [0.3, 0.4) is 0 Å². The van der Waals surface area contributed by atoms with E-state index in [4.69, 9.17) is 11.6 Å². The first-order valence-electron chi connectivity index (χ1n) is 8.41. The van der Waals surface area contributed by atoms with Crippen molar-refractivity contribution in [3.8, 4) is 0 Å². The molecule has 138 valence electrons. The van der Waals surface area contributed by atoms with Crippen LogP contribution in [0.25, 0.3) is 0 Å². The molecule has 5 nitrogen and oxygen atoms in total. The number of amides is 2. The van der Waals surface area contributed by atoms with E-state index >= 15 is 0 Å². The smallest absolute Gasteiger partial charge is 0.253 e. The number of hydrogen-bond acceptors (Lipinski definition) is 3. The zero-order valence-electron chi connectivity index (χ0n) is 15.4. The molecule has 0 unspecified atom stereocenters. The lowest BCUT2D eigenvalue weighted by Gasteiger charge is -2.20. The molecule has 0 aromatic heterocycles. The second-order valence-electron chi connectivity index (χ2n) is 6.34. The second kappa shape index (κ2) is 8.72. The monoisotopic (exact) mass is 373 g/mol. The highest BCUT2D eigenvalue weighted by Crippen LogP contribution is 2.24. The average molecular weight is 374 g/mol. The fraction of sp³-hybridized carbons (Fsp3) is 0.300. The number of anilines is 2.